The summed E-state index contributed by atoms with van der Waals surface area (Å²) in [6.07, 6.45) is 3.94. The first kappa shape index (κ1) is 13.4. The molecule has 1 aromatic heterocycles. The van der Waals surface area contributed by atoms with Gasteiger partial charge in [-0.1, -0.05) is 11.4 Å². The van der Waals surface area contributed by atoms with Crippen LogP contribution >= 0.6 is 11.5 Å². The van der Waals surface area contributed by atoms with Gasteiger partial charge in [0.15, 0.2) is 0 Å². The lowest BCUT2D eigenvalue weighted by Crippen LogP contribution is -2.51. The molecule has 0 aliphatic carbocycles. The van der Waals surface area contributed by atoms with E-state index in [0.717, 1.165) is 31.4 Å². The summed E-state index contributed by atoms with van der Waals surface area (Å²) in [7, 11) is 0. The summed E-state index contributed by atoms with van der Waals surface area (Å²) in [6.45, 7) is 4.62. The molecular weight excluding hydrogens is 248 g/mol. The maximum absolute atomic E-state index is 12.6. The van der Waals surface area contributed by atoms with Gasteiger partial charge in [0.25, 0.3) is 5.91 Å². The molecule has 2 unspecified atom stereocenters. The summed E-state index contributed by atoms with van der Waals surface area (Å²) in [6, 6.07) is 0.416. The lowest BCUT2D eigenvalue weighted by molar-refractivity contribution is 0.0498. The number of carbonyl (C=O) groups excluding carboxylic acids is 1. The van der Waals surface area contributed by atoms with E-state index < -0.39 is 0 Å². The number of carbonyl (C=O) groups is 1. The smallest absolute Gasteiger partial charge is 0.268 e. The van der Waals surface area contributed by atoms with Gasteiger partial charge in [0.05, 0.1) is 5.69 Å². The average molecular weight is 268 g/mol. The molecule has 1 aliphatic rings. The van der Waals surface area contributed by atoms with E-state index in [1.54, 1.807) is 0 Å². The number of amides is 1. The Balaban J connectivity index is 2.25. The highest BCUT2D eigenvalue weighted by Gasteiger charge is 2.33. The van der Waals surface area contributed by atoms with E-state index in [0.29, 0.717) is 11.4 Å². The fourth-order valence-electron chi connectivity index (χ4n) is 2.60. The molecule has 2 heterocycles. The normalized spacial score (nSPS) is 24.3. The average Bonchev–Trinajstić information content (AvgIpc) is 2.85. The van der Waals surface area contributed by atoms with Crippen LogP contribution in [0.2, 0.25) is 0 Å². The predicted octanol–water partition coefficient (Wildman–Crippen LogP) is 1.44. The molecule has 100 valence electrons. The van der Waals surface area contributed by atoms with Crippen LogP contribution in [-0.4, -0.2) is 39.0 Å². The monoisotopic (exact) mass is 268 g/mol. The van der Waals surface area contributed by atoms with Gasteiger partial charge >= 0.3 is 0 Å². The number of hydrogen-bond donors (Lipinski definition) is 1. The highest BCUT2D eigenvalue weighted by molar-refractivity contribution is 7.08. The zero-order valence-electron chi connectivity index (χ0n) is 10.9. The molecule has 6 heteroatoms. The molecule has 0 saturated carbocycles. The molecule has 5 nitrogen and oxygen atoms in total. The highest BCUT2D eigenvalue weighted by atomic mass is 32.1. The standard InChI is InChI=1S/C12H20N4OS/c1-3-10-11(18-15-14-10)12(17)16-8(2)5-4-6-9(16)7-13/h8-9H,3-7,13H2,1-2H3. The van der Waals surface area contributed by atoms with Crippen LogP contribution in [0, 0.1) is 0 Å². The van der Waals surface area contributed by atoms with Crippen molar-refractivity contribution in [2.24, 2.45) is 5.73 Å². The van der Waals surface area contributed by atoms with Gasteiger partial charge in [-0.15, -0.1) is 5.10 Å². The molecule has 0 spiro atoms. The van der Waals surface area contributed by atoms with Crippen LogP contribution in [0.5, 0.6) is 0 Å². The van der Waals surface area contributed by atoms with Gasteiger partial charge in [0.1, 0.15) is 4.88 Å². The minimum absolute atomic E-state index is 0.0597. The van der Waals surface area contributed by atoms with E-state index in [9.17, 15) is 4.79 Å². The summed E-state index contributed by atoms with van der Waals surface area (Å²) < 4.78 is 3.90. The van der Waals surface area contributed by atoms with E-state index in [4.69, 9.17) is 5.73 Å². The van der Waals surface area contributed by atoms with E-state index in [2.05, 4.69) is 16.5 Å². The van der Waals surface area contributed by atoms with Crippen LogP contribution in [0.15, 0.2) is 0 Å². The molecule has 0 radical (unpaired) electrons. The second-order valence-electron chi connectivity index (χ2n) is 4.78. The summed E-state index contributed by atoms with van der Waals surface area (Å²) in [5.74, 6) is 0.0597. The Bertz CT molecular complexity index is 420. The van der Waals surface area contributed by atoms with Crippen molar-refractivity contribution in [2.75, 3.05) is 6.54 Å². The Morgan fingerprint density at radius 3 is 3.00 bits per heavy atom. The highest BCUT2D eigenvalue weighted by Crippen LogP contribution is 2.26. The van der Waals surface area contributed by atoms with Gasteiger partial charge in [-0.05, 0) is 44.1 Å². The maximum Gasteiger partial charge on any atom is 0.268 e. The summed E-state index contributed by atoms with van der Waals surface area (Å²) in [4.78, 5) is 15.2. The Morgan fingerprint density at radius 1 is 1.56 bits per heavy atom. The number of likely N-dealkylation sites (tertiary alicyclic amines) is 1. The third-order valence-electron chi connectivity index (χ3n) is 3.62. The molecular formula is C12H20N4OS. The van der Waals surface area contributed by atoms with Crippen molar-refractivity contribution < 1.29 is 4.79 Å². The van der Waals surface area contributed by atoms with Gasteiger partial charge < -0.3 is 10.6 Å². The Kier molecular flexibility index (Phi) is 4.29. The maximum atomic E-state index is 12.6. The van der Waals surface area contributed by atoms with Crippen molar-refractivity contribution in [3.63, 3.8) is 0 Å². The Hall–Kier alpha value is -1.01. The summed E-state index contributed by atoms with van der Waals surface area (Å²) in [5.41, 5.74) is 6.60. The first-order valence-electron chi connectivity index (χ1n) is 6.53. The van der Waals surface area contributed by atoms with E-state index in [1.165, 1.54) is 11.5 Å². The van der Waals surface area contributed by atoms with Crippen LogP contribution in [0.4, 0.5) is 0 Å². The largest absolute Gasteiger partial charge is 0.331 e. The summed E-state index contributed by atoms with van der Waals surface area (Å²) >= 11 is 1.20. The van der Waals surface area contributed by atoms with Crippen LogP contribution < -0.4 is 5.73 Å². The zero-order valence-corrected chi connectivity index (χ0v) is 11.7. The van der Waals surface area contributed by atoms with Crippen molar-refractivity contribution in [2.45, 2.75) is 51.6 Å². The van der Waals surface area contributed by atoms with E-state index in [-0.39, 0.29) is 18.0 Å². The second kappa shape index (κ2) is 5.75. The van der Waals surface area contributed by atoms with Crippen LogP contribution in [0.25, 0.3) is 0 Å². The summed E-state index contributed by atoms with van der Waals surface area (Å²) in [5, 5.41) is 4.02. The van der Waals surface area contributed by atoms with Gasteiger partial charge in [0, 0.05) is 18.6 Å². The van der Waals surface area contributed by atoms with Gasteiger partial charge in [-0.3, -0.25) is 4.79 Å². The zero-order chi connectivity index (χ0) is 13.1. The van der Waals surface area contributed by atoms with Gasteiger partial charge in [-0.2, -0.15) is 0 Å². The van der Waals surface area contributed by atoms with Crippen LogP contribution in [-0.2, 0) is 6.42 Å². The molecule has 1 amide bonds. The molecule has 0 bridgehead atoms. The second-order valence-corrected chi connectivity index (χ2v) is 5.54. The van der Waals surface area contributed by atoms with Crippen molar-refractivity contribution >= 4 is 17.4 Å². The van der Waals surface area contributed by atoms with Gasteiger partial charge in [-0.25, -0.2) is 0 Å². The number of nitrogens with zero attached hydrogens (tertiary/aromatic N) is 3. The van der Waals surface area contributed by atoms with E-state index in [1.807, 2.05) is 11.8 Å². The molecule has 2 atom stereocenters. The number of hydrogen-bond acceptors (Lipinski definition) is 5. The number of aryl methyl sites for hydroxylation is 1. The molecule has 0 aromatic carbocycles. The lowest BCUT2D eigenvalue weighted by atomic mass is 9.96. The fourth-order valence-corrected chi connectivity index (χ4v) is 3.30. The molecule has 1 aromatic rings. The molecule has 18 heavy (non-hydrogen) atoms. The molecule has 2 N–H and O–H groups in total. The minimum atomic E-state index is 0.0597. The number of nitrogens with two attached hydrogens (primary N) is 1. The molecule has 1 aliphatic heterocycles. The third kappa shape index (κ3) is 2.40. The Morgan fingerprint density at radius 2 is 2.33 bits per heavy atom. The van der Waals surface area contributed by atoms with Crippen LogP contribution in [0.1, 0.15) is 48.5 Å². The topological polar surface area (TPSA) is 72.1 Å². The van der Waals surface area contributed by atoms with Crippen molar-refractivity contribution in [3.05, 3.63) is 10.6 Å². The lowest BCUT2D eigenvalue weighted by Gasteiger charge is -2.40. The third-order valence-corrected chi connectivity index (χ3v) is 4.38. The first-order valence-corrected chi connectivity index (χ1v) is 7.30. The van der Waals surface area contributed by atoms with E-state index >= 15 is 0 Å². The molecule has 2 rings (SSSR count). The first-order chi connectivity index (χ1) is 8.69. The van der Waals surface area contributed by atoms with Crippen LogP contribution in [0.3, 0.4) is 0 Å². The molecule has 1 saturated heterocycles. The SMILES string of the molecule is CCc1nnsc1C(=O)N1C(C)CCCC1CN. The minimum Gasteiger partial charge on any atom is -0.331 e. The van der Waals surface area contributed by atoms with Crippen molar-refractivity contribution in [1.29, 1.82) is 0 Å². The number of rotatable bonds is 3. The van der Waals surface area contributed by atoms with Crippen molar-refractivity contribution in [3.8, 4) is 0 Å². The quantitative estimate of drug-likeness (QED) is 0.900. The molecule has 1 fully saturated rings. The number of aromatic nitrogens is 2. The van der Waals surface area contributed by atoms with Gasteiger partial charge in [0.2, 0.25) is 0 Å². The van der Waals surface area contributed by atoms with Crippen molar-refractivity contribution in [1.82, 2.24) is 14.5 Å². The number of piperidine rings is 1. The Labute approximate surface area is 112 Å². The fraction of sp³-hybridized carbons (Fsp3) is 0.750. The predicted molar refractivity (Wildman–Crippen MR) is 71.6 cm³/mol.